The lowest BCUT2D eigenvalue weighted by molar-refractivity contribution is -0.308. The Balaban J connectivity index is 1.37. The lowest BCUT2D eigenvalue weighted by atomic mass is 9.79. The molecule has 0 aromatic carbocycles. The molecule has 3 fully saturated rings. The molecule has 22 nitrogen and oxygen atoms in total. The van der Waals surface area contributed by atoms with Gasteiger partial charge < -0.3 is 62.0 Å². The van der Waals surface area contributed by atoms with Crippen LogP contribution in [0.15, 0.2) is 65.7 Å². The third-order valence-corrected chi connectivity index (χ3v) is 14.6. The Bertz CT molecular complexity index is 2300. The molecule has 3 saturated heterocycles. The normalized spacial score (nSPS) is 35.8. The second-order valence-corrected chi connectivity index (χ2v) is 20.7. The van der Waals surface area contributed by atoms with E-state index in [-0.39, 0.29) is 45.2 Å². The molecule has 1 N–H and O–H groups in total. The van der Waals surface area contributed by atoms with Crippen LogP contribution in [0.5, 0.6) is 0 Å². The number of nitrogens with zero attached hydrogens (tertiary/aromatic N) is 5. The number of aromatic nitrogens is 3. The van der Waals surface area contributed by atoms with Gasteiger partial charge in [-0.3, -0.25) is 24.1 Å². The number of oxime groups is 1. The summed E-state index contributed by atoms with van der Waals surface area (Å²) in [6.07, 6.45) is 0.626. The van der Waals surface area contributed by atoms with E-state index in [0.717, 1.165) is 11.1 Å². The number of carbonyl (C=O) groups excluding carboxylic acids is 4. The number of ether oxygens (including phenoxy) is 11. The molecule has 0 aliphatic carbocycles. The predicted octanol–water partition coefficient (Wildman–Crippen LogP) is 4.71. The average Bonchev–Trinajstić information content (AvgIpc) is 3.93. The lowest BCUT2D eigenvalue weighted by Gasteiger charge is -2.48. The minimum absolute atomic E-state index is 0.00104. The van der Waals surface area contributed by atoms with E-state index in [0.29, 0.717) is 30.8 Å². The maximum Gasteiger partial charge on any atom is 0.308 e. The van der Waals surface area contributed by atoms with Gasteiger partial charge in [0.05, 0.1) is 56.7 Å². The summed E-state index contributed by atoms with van der Waals surface area (Å²) < 4.78 is 70.4. The van der Waals surface area contributed by atoms with E-state index in [4.69, 9.17) is 56.9 Å². The quantitative estimate of drug-likeness (QED) is 0.144. The number of esters is 3. The second-order valence-electron chi connectivity index (χ2n) is 20.7. The highest BCUT2D eigenvalue weighted by atomic mass is 16.7. The predicted molar refractivity (Wildman–Crippen MR) is 277 cm³/mol. The average molecular weight is 1080 g/mol. The van der Waals surface area contributed by atoms with Crippen molar-refractivity contribution in [2.24, 2.45) is 28.8 Å². The molecule has 428 valence electrons. The van der Waals surface area contributed by atoms with Crippen molar-refractivity contribution in [1.29, 1.82) is 0 Å². The number of rotatable bonds is 15. The number of cyclic esters (lactones) is 1. The largest absolute Gasteiger partial charge is 0.462 e. The van der Waals surface area contributed by atoms with Crippen LogP contribution >= 0.6 is 0 Å². The number of aliphatic hydroxyl groups is 1. The molecule has 2 bridgehead atoms. The van der Waals surface area contributed by atoms with E-state index >= 15 is 0 Å². The molecule has 2 aromatic rings. The fourth-order valence-electron chi connectivity index (χ4n) is 10.5. The molecule has 77 heavy (non-hydrogen) atoms. The lowest BCUT2D eigenvalue weighted by Crippen LogP contribution is -2.65. The van der Waals surface area contributed by atoms with Crippen molar-refractivity contribution >= 4 is 29.4 Å². The number of pyridine rings is 1. The van der Waals surface area contributed by atoms with Crippen LogP contribution in [0.2, 0.25) is 0 Å². The molecule has 0 saturated carbocycles. The summed E-state index contributed by atoms with van der Waals surface area (Å²) in [4.78, 5) is 66.4. The number of hydrogen-bond acceptors (Lipinski definition) is 21. The number of allylic oxidation sites excluding steroid dienone is 3. The highest BCUT2D eigenvalue weighted by Crippen LogP contribution is 2.37. The number of hydrogen-bond donors (Lipinski definition) is 1. The van der Waals surface area contributed by atoms with Gasteiger partial charge in [0.15, 0.2) is 30.3 Å². The van der Waals surface area contributed by atoms with E-state index in [9.17, 15) is 24.3 Å². The van der Waals surface area contributed by atoms with Gasteiger partial charge in [-0.05, 0) is 78.3 Å². The van der Waals surface area contributed by atoms with E-state index in [1.54, 1.807) is 68.3 Å². The number of methoxy groups -OCH3 is 2. The number of aliphatic hydroxyl groups excluding tert-OH is 1. The Hall–Kier alpha value is -5.01. The Kier molecular flexibility index (Phi) is 23.3. The van der Waals surface area contributed by atoms with Crippen LogP contribution in [-0.4, -0.2) is 189 Å². The zero-order valence-corrected chi connectivity index (χ0v) is 46.6. The monoisotopic (exact) mass is 1080 g/mol. The molecule has 17 atom stereocenters. The smallest absolute Gasteiger partial charge is 0.308 e. The fourth-order valence-corrected chi connectivity index (χ4v) is 10.5. The van der Waals surface area contributed by atoms with Crippen molar-refractivity contribution in [3.63, 3.8) is 0 Å². The molecule has 6 rings (SSSR count). The van der Waals surface area contributed by atoms with Crippen molar-refractivity contribution in [2.45, 2.75) is 167 Å². The first-order valence-electron chi connectivity index (χ1n) is 26.6. The van der Waals surface area contributed by atoms with Crippen LogP contribution in [0.4, 0.5) is 0 Å². The highest BCUT2D eigenvalue weighted by molar-refractivity contribution is 5.91. The van der Waals surface area contributed by atoms with Gasteiger partial charge in [-0.15, -0.1) is 0 Å². The molecular weight excluding hydrogens is 1000 g/mol. The van der Waals surface area contributed by atoms with E-state index < -0.39 is 121 Å². The van der Waals surface area contributed by atoms with E-state index in [2.05, 4.69) is 15.2 Å². The molecule has 6 heterocycles. The molecule has 2 unspecified atom stereocenters. The molecular formula is C55H81N5O17. The first kappa shape index (κ1) is 61.2. The maximum absolute atomic E-state index is 14.7. The van der Waals surface area contributed by atoms with Gasteiger partial charge in [-0.1, -0.05) is 49.7 Å². The van der Waals surface area contributed by atoms with Crippen LogP contribution in [0.1, 0.15) is 86.6 Å². The van der Waals surface area contributed by atoms with Crippen molar-refractivity contribution in [2.75, 3.05) is 54.7 Å². The minimum atomic E-state index is -1.22. The Labute approximate surface area is 451 Å². The van der Waals surface area contributed by atoms with Gasteiger partial charge in [0.1, 0.15) is 42.8 Å². The molecule has 2 aromatic heterocycles. The van der Waals surface area contributed by atoms with Crippen LogP contribution in [0.25, 0.3) is 5.82 Å². The standard InChI is InChI=1S/C55H81N5O17/c1-13-43-40(28-70-54-53(67-12)52(66-11)48(65)34(5)72-54)23-31(2)15-17-42(63)32(3)24-39-19-22-68-29-41(58-71-27-38-16-18-45(56-26-38)60-21-14-20-57-60)30-69-44(25-46(64)76-43)33(4)49(39)77-55-51(75-37(8)62)47(59(9)10)50(35(6)73-55)74-36(7)61/h14-18,20-21,23,26,32-35,39-40,43-44,47-55,65H,13,19,22,24-25,27-30H2,1-12H3/b17-15+,31-23+,58-41?/t32-,33+,34-,35-,39+,40-,43-,44-,47+,48-,49-,50-,51-,52-,53-,54?,55?/m1/s1. The van der Waals surface area contributed by atoms with Crippen LogP contribution in [0.3, 0.4) is 0 Å². The SMILES string of the molecule is CC[C@H]1OC(=O)C[C@H]2OCC(=NOCc3ccc(-n4cccn4)nc3)COCC[C@@H](C[C@@H](C)C(=O)/C=C/C(C)=C/[C@@H]1COC1O[C@H](C)[C@@H](O)[C@@H](OC)[C@H]1OC)[C@H](OC1O[C@H](C)[C@@H](OC(C)=O)[C@H](N(C)C)[C@H]1OC(C)=O)[C@H]2C. The summed E-state index contributed by atoms with van der Waals surface area (Å²) in [6, 6.07) is 4.78. The third kappa shape index (κ3) is 16.8. The summed E-state index contributed by atoms with van der Waals surface area (Å²) in [5.41, 5.74) is 1.87. The first-order chi connectivity index (χ1) is 36.8. The Morgan fingerprint density at radius 1 is 0.922 bits per heavy atom. The number of ketones is 1. The van der Waals surface area contributed by atoms with Gasteiger partial charge >= 0.3 is 17.9 Å². The summed E-state index contributed by atoms with van der Waals surface area (Å²) >= 11 is 0. The minimum Gasteiger partial charge on any atom is -0.462 e. The van der Waals surface area contributed by atoms with Gasteiger partial charge in [-0.2, -0.15) is 5.10 Å². The summed E-state index contributed by atoms with van der Waals surface area (Å²) in [5.74, 6) is -3.42. The van der Waals surface area contributed by atoms with Crippen molar-refractivity contribution in [3.8, 4) is 5.82 Å². The fraction of sp³-hybridized carbons (Fsp3) is 0.691. The highest BCUT2D eigenvalue weighted by Gasteiger charge is 2.52. The molecule has 0 spiro atoms. The molecule has 0 amide bonds. The second kappa shape index (κ2) is 29.3. The van der Waals surface area contributed by atoms with Gasteiger partial charge in [0.25, 0.3) is 0 Å². The van der Waals surface area contributed by atoms with Crippen LogP contribution in [-0.2, 0) is 82.7 Å². The Morgan fingerprint density at radius 3 is 2.30 bits per heavy atom. The van der Waals surface area contributed by atoms with Crippen molar-refractivity contribution in [1.82, 2.24) is 19.7 Å². The summed E-state index contributed by atoms with van der Waals surface area (Å²) in [6.45, 7) is 13.7. The zero-order valence-electron chi connectivity index (χ0n) is 46.6. The third-order valence-electron chi connectivity index (χ3n) is 14.6. The van der Waals surface area contributed by atoms with Gasteiger partial charge in [-0.25, -0.2) is 9.67 Å². The van der Waals surface area contributed by atoms with Crippen LogP contribution < -0.4 is 0 Å². The first-order valence-corrected chi connectivity index (χ1v) is 26.6. The molecule has 22 heteroatoms. The van der Waals surface area contributed by atoms with Gasteiger partial charge in [0.2, 0.25) is 0 Å². The van der Waals surface area contributed by atoms with E-state index in [1.807, 2.05) is 52.0 Å². The topological polar surface area (TPSA) is 246 Å². The molecule has 0 radical (unpaired) electrons. The van der Waals surface area contributed by atoms with Crippen molar-refractivity contribution < 1.29 is 81.2 Å². The number of carbonyl (C=O) groups is 4. The molecule has 4 aliphatic rings. The van der Waals surface area contributed by atoms with Crippen LogP contribution in [0, 0.1) is 23.7 Å². The molecule has 4 aliphatic heterocycles. The Morgan fingerprint density at radius 2 is 1.65 bits per heavy atom. The summed E-state index contributed by atoms with van der Waals surface area (Å²) in [5, 5.41) is 19.5. The number of fused-ring (bicyclic) bond motifs is 3. The maximum atomic E-state index is 14.7. The zero-order chi connectivity index (χ0) is 55.9. The summed E-state index contributed by atoms with van der Waals surface area (Å²) in [7, 11) is 6.53. The van der Waals surface area contributed by atoms with E-state index in [1.165, 1.54) is 28.1 Å². The van der Waals surface area contributed by atoms with Gasteiger partial charge in [0, 0.05) is 76.6 Å². The number of likely N-dealkylation sites (N-methyl/N-ethyl adjacent to an activating group) is 1. The van der Waals surface area contributed by atoms with Crippen molar-refractivity contribution in [3.05, 3.63) is 66.2 Å².